The maximum absolute atomic E-state index is 12.3. The lowest BCUT2D eigenvalue weighted by Gasteiger charge is -2.32. The summed E-state index contributed by atoms with van der Waals surface area (Å²) < 4.78 is 5.47. The lowest BCUT2D eigenvalue weighted by atomic mass is 10.1. The summed E-state index contributed by atoms with van der Waals surface area (Å²) in [6.45, 7) is 13.2. The minimum absolute atomic E-state index is 0.0177. The molecule has 128 valence electrons. The first-order valence-electron chi connectivity index (χ1n) is 8.05. The van der Waals surface area contributed by atoms with E-state index in [-0.39, 0.29) is 24.0 Å². The van der Waals surface area contributed by atoms with Gasteiger partial charge in [0.05, 0.1) is 6.04 Å². The van der Waals surface area contributed by atoms with Crippen LogP contribution in [0.25, 0.3) is 0 Å². The molecule has 0 aromatic carbocycles. The molecule has 2 atom stereocenters. The van der Waals surface area contributed by atoms with Crippen LogP contribution in [-0.2, 0) is 9.53 Å². The summed E-state index contributed by atoms with van der Waals surface area (Å²) in [6.07, 6.45) is 0.601. The molecule has 0 aromatic heterocycles. The predicted octanol–water partition coefficient (Wildman–Crippen LogP) is 1.83. The number of amides is 2. The van der Waals surface area contributed by atoms with Gasteiger partial charge in [0.25, 0.3) is 0 Å². The van der Waals surface area contributed by atoms with E-state index in [4.69, 9.17) is 10.5 Å². The first kappa shape index (κ1) is 18.7. The molecule has 0 radical (unpaired) electrons. The summed E-state index contributed by atoms with van der Waals surface area (Å²) in [4.78, 5) is 27.8. The number of nitrogens with zero attached hydrogens (tertiary/aromatic N) is 2. The average Bonchev–Trinajstić information content (AvgIpc) is 2.80. The van der Waals surface area contributed by atoms with Crippen LogP contribution in [0.2, 0.25) is 0 Å². The smallest absolute Gasteiger partial charge is 0.410 e. The Kier molecular flexibility index (Phi) is 6.23. The minimum atomic E-state index is -0.503. The van der Waals surface area contributed by atoms with Crippen molar-refractivity contribution in [3.05, 3.63) is 0 Å². The van der Waals surface area contributed by atoms with Gasteiger partial charge in [-0.15, -0.1) is 0 Å². The number of hydrogen-bond acceptors (Lipinski definition) is 4. The highest BCUT2D eigenvalue weighted by molar-refractivity contribution is 5.81. The molecule has 1 aliphatic heterocycles. The van der Waals surface area contributed by atoms with Crippen LogP contribution in [0.5, 0.6) is 0 Å². The molecule has 6 nitrogen and oxygen atoms in total. The summed E-state index contributed by atoms with van der Waals surface area (Å²) in [7, 11) is 0. The van der Waals surface area contributed by atoms with Crippen molar-refractivity contribution in [3.8, 4) is 0 Å². The second-order valence-corrected chi connectivity index (χ2v) is 7.45. The molecular weight excluding hydrogens is 282 g/mol. The predicted molar refractivity (Wildman–Crippen MR) is 86.4 cm³/mol. The van der Waals surface area contributed by atoms with E-state index in [1.807, 2.05) is 34.6 Å². The van der Waals surface area contributed by atoms with Crippen molar-refractivity contribution < 1.29 is 14.3 Å². The fourth-order valence-corrected chi connectivity index (χ4v) is 2.56. The third kappa shape index (κ3) is 5.48. The third-order valence-electron chi connectivity index (χ3n) is 3.69. The van der Waals surface area contributed by atoms with Crippen LogP contribution >= 0.6 is 0 Å². The van der Waals surface area contributed by atoms with Crippen molar-refractivity contribution in [2.75, 3.05) is 19.6 Å². The maximum Gasteiger partial charge on any atom is 0.410 e. The summed E-state index contributed by atoms with van der Waals surface area (Å²) in [5, 5.41) is 0. The zero-order chi connectivity index (χ0) is 17.1. The van der Waals surface area contributed by atoms with Gasteiger partial charge >= 0.3 is 6.09 Å². The second kappa shape index (κ2) is 7.31. The summed E-state index contributed by atoms with van der Waals surface area (Å²) in [5.74, 6) is 0.258. The van der Waals surface area contributed by atoms with Gasteiger partial charge in [-0.25, -0.2) is 4.79 Å². The number of carbonyl (C=O) groups excluding carboxylic acids is 2. The Morgan fingerprint density at radius 3 is 2.36 bits per heavy atom. The number of rotatable bonds is 4. The van der Waals surface area contributed by atoms with Gasteiger partial charge in [0.15, 0.2) is 0 Å². The Morgan fingerprint density at radius 1 is 1.32 bits per heavy atom. The van der Waals surface area contributed by atoms with E-state index >= 15 is 0 Å². The molecule has 22 heavy (non-hydrogen) atoms. The van der Waals surface area contributed by atoms with Gasteiger partial charge in [-0.05, 0) is 53.9 Å². The van der Waals surface area contributed by atoms with Crippen molar-refractivity contribution >= 4 is 12.0 Å². The number of carbonyl (C=O) groups is 2. The van der Waals surface area contributed by atoms with Crippen LogP contribution in [0, 0.1) is 5.92 Å². The molecule has 0 unspecified atom stereocenters. The van der Waals surface area contributed by atoms with Crippen molar-refractivity contribution in [3.63, 3.8) is 0 Å². The van der Waals surface area contributed by atoms with E-state index in [9.17, 15) is 9.59 Å². The largest absolute Gasteiger partial charge is 0.444 e. The molecule has 0 saturated carbocycles. The van der Waals surface area contributed by atoms with E-state index in [2.05, 4.69) is 0 Å². The second-order valence-electron chi connectivity index (χ2n) is 7.45. The Hall–Kier alpha value is -1.30. The SMILES string of the molecule is CC(C)N(C[C@@H]1CCN(C(=O)[C@H](C)N)C1)C(=O)OC(C)(C)C. The Labute approximate surface area is 134 Å². The fourth-order valence-electron chi connectivity index (χ4n) is 2.56. The van der Waals surface area contributed by atoms with Crippen molar-refractivity contribution in [2.24, 2.45) is 11.7 Å². The molecule has 0 aliphatic carbocycles. The molecule has 6 heteroatoms. The number of ether oxygens (including phenoxy) is 1. The monoisotopic (exact) mass is 313 g/mol. The first-order valence-corrected chi connectivity index (χ1v) is 8.05. The number of hydrogen-bond donors (Lipinski definition) is 1. The van der Waals surface area contributed by atoms with Gasteiger partial charge in [0.1, 0.15) is 5.60 Å². The summed E-state index contributed by atoms with van der Waals surface area (Å²) in [5.41, 5.74) is 5.15. The lowest BCUT2D eigenvalue weighted by molar-refractivity contribution is -0.131. The molecule has 0 aromatic rings. The van der Waals surface area contributed by atoms with Crippen molar-refractivity contribution in [2.45, 2.75) is 65.6 Å². The summed E-state index contributed by atoms with van der Waals surface area (Å²) >= 11 is 0. The minimum Gasteiger partial charge on any atom is -0.444 e. The quantitative estimate of drug-likeness (QED) is 0.859. The molecular formula is C16H31N3O3. The topological polar surface area (TPSA) is 75.9 Å². The van der Waals surface area contributed by atoms with E-state index in [1.165, 1.54) is 0 Å². The van der Waals surface area contributed by atoms with Crippen molar-refractivity contribution in [1.82, 2.24) is 9.80 Å². The normalized spacial score (nSPS) is 20.2. The molecule has 2 N–H and O–H groups in total. The Balaban J connectivity index is 2.62. The molecule has 1 aliphatic rings. The van der Waals surface area contributed by atoms with Gasteiger partial charge in [-0.1, -0.05) is 0 Å². The Bertz CT molecular complexity index is 402. The molecule has 1 saturated heterocycles. The van der Waals surface area contributed by atoms with Crippen molar-refractivity contribution in [1.29, 1.82) is 0 Å². The van der Waals surface area contributed by atoms with E-state index < -0.39 is 11.6 Å². The lowest BCUT2D eigenvalue weighted by Crippen LogP contribution is -2.45. The Morgan fingerprint density at radius 2 is 1.91 bits per heavy atom. The average molecular weight is 313 g/mol. The van der Waals surface area contributed by atoms with Gasteiger partial charge in [0.2, 0.25) is 5.91 Å². The standard InChI is InChI=1S/C16H31N3O3/c1-11(2)19(15(21)22-16(4,5)6)10-13-7-8-18(9-13)14(20)12(3)17/h11-13H,7-10,17H2,1-6H3/t12-,13+/m0/s1. The summed E-state index contributed by atoms with van der Waals surface area (Å²) in [6, 6.07) is -0.404. The number of likely N-dealkylation sites (tertiary alicyclic amines) is 1. The first-order chi connectivity index (χ1) is 10.0. The highest BCUT2D eigenvalue weighted by Gasteiger charge is 2.32. The highest BCUT2D eigenvalue weighted by Crippen LogP contribution is 2.21. The van der Waals surface area contributed by atoms with Crippen LogP contribution in [0.3, 0.4) is 0 Å². The zero-order valence-corrected chi connectivity index (χ0v) is 14.8. The van der Waals surface area contributed by atoms with Crippen LogP contribution in [0.15, 0.2) is 0 Å². The van der Waals surface area contributed by atoms with Crippen LogP contribution < -0.4 is 5.73 Å². The van der Waals surface area contributed by atoms with Gasteiger partial charge < -0.3 is 20.3 Å². The fraction of sp³-hybridized carbons (Fsp3) is 0.875. The molecule has 2 amide bonds. The molecule has 0 spiro atoms. The van der Waals surface area contributed by atoms with Crippen LogP contribution in [0.1, 0.15) is 48.0 Å². The molecule has 0 bridgehead atoms. The molecule has 1 fully saturated rings. The van der Waals surface area contributed by atoms with Crippen LogP contribution in [0.4, 0.5) is 4.79 Å². The molecule has 1 heterocycles. The van der Waals surface area contributed by atoms with Gasteiger partial charge in [-0.2, -0.15) is 0 Å². The number of nitrogens with two attached hydrogens (primary N) is 1. The maximum atomic E-state index is 12.3. The molecule has 1 rings (SSSR count). The third-order valence-corrected chi connectivity index (χ3v) is 3.69. The van der Waals surface area contributed by atoms with Crippen LogP contribution in [-0.4, -0.2) is 59.1 Å². The van der Waals surface area contributed by atoms with E-state index in [0.717, 1.165) is 6.42 Å². The van der Waals surface area contributed by atoms with Gasteiger partial charge in [-0.3, -0.25) is 4.79 Å². The highest BCUT2D eigenvalue weighted by atomic mass is 16.6. The van der Waals surface area contributed by atoms with E-state index in [1.54, 1.807) is 16.7 Å². The zero-order valence-electron chi connectivity index (χ0n) is 14.8. The van der Waals surface area contributed by atoms with E-state index in [0.29, 0.717) is 19.6 Å². The van der Waals surface area contributed by atoms with Gasteiger partial charge in [0, 0.05) is 25.7 Å².